The zero-order valence-corrected chi connectivity index (χ0v) is 9.71. The molecule has 0 radical (unpaired) electrons. The number of nitrogens with two attached hydrogens (primary N) is 1. The van der Waals surface area contributed by atoms with E-state index in [2.05, 4.69) is 0 Å². The van der Waals surface area contributed by atoms with E-state index >= 15 is 0 Å². The van der Waals surface area contributed by atoms with E-state index in [9.17, 15) is 14.4 Å². The van der Waals surface area contributed by atoms with E-state index in [4.69, 9.17) is 10.8 Å². The number of nitrogen functional groups attached to an aromatic ring is 1. The summed E-state index contributed by atoms with van der Waals surface area (Å²) in [6.07, 6.45) is 0.0995. The molecule has 1 fully saturated rings. The summed E-state index contributed by atoms with van der Waals surface area (Å²) >= 11 is 0. The molecule has 0 spiro atoms. The van der Waals surface area contributed by atoms with E-state index in [1.807, 2.05) is 0 Å². The molecule has 0 saturated carbocycles. The van der Waals surface area contributed by atoms with Crippen molar-refractivity contribution in [3.63, 3.8) is 0 Å². The standard InChI is InChI=1S/C12H12N2O4/c1-6-4-10(15)14(11(6)16)9-3-2-7(13)5-8(9)12(17)18/h2-3,5-6H,4,13H2,1H3,(H,17,18). The minimum atomic E-state index is -1.22. The van der Waals surface area contributed by atoms with Gasteiger partial charge in [0.15, 0.2) is 0 Å². The fourth-order valence-corrected chi connectivity index (χ4v) is 1.96. The third-order valence-electron chi connectivity index (χ3n) is 2.86. The van der Waals surface area contributed by atoms with Gasteiger partial charge in [0.1, 0.15) is 0 Å². The lowest BCUT2D eigenvalue weighted by Gasteiger charge is -2.17. The summed E-state index contributed by atoms with van der Waals surface area (Å²) in [5.74, 6) is -2.42. The molecule has 6 heteroatoms. The van der Waals surface area contributed by atoms with Crippen LogP contribution >= 0.6 is 0 Å². The topological polar surface area (TPSA) is 101 Å². The Labute approximate surface area is 103 Å². The average molecular weight is 248 g/mol. The van der Waals surface area contributed by atoms with Crippen LogP contribution in [0.2, 0.25) is 0 Å². The quantitative estimate of drug-likeness (QED) is 0.597. The van der Waals surface area contributed by atoms with Crippen LogP contribution in [-0.4, -0.2) is 22.9 Å². The molecule has 3 N–H and O–H groups in total. The largest absolute Gasteiger partial charge is 0.478 e. The van der Waals surface area contributed by atoms with Crippen molar-refractivity contribution in [3.05, 3.63) is 23.8 Å². The zero-order valence-electron chi connectivity index (χ0n) is 9.71. The fourth-order valence-electron chi connectivity index (χ4n) is 1.96. The number of anilines is 2. The first kappa shape index (κ1) is 12.1. The van der Waals surface area contributed by atoms with Gasteiger partial charge in [0.05, 0.1) is 11.3 Å². The van der Waals surface area contributed by atoms with E-state index in [1.165, 1.54) is 18.2 Å². The highest BCUT2D eigenvalue weighted by Gasteiger charge is 2.38. The van der Waals surface area contributed by atoms with Crippen LogP contribution in [-0.2, 0) is 9.59 Å². The summed E-state index contributed by atoms with van der Waals surface area (Å²) in [6, 6.07) is 4.08. The summed E-state index contributed by atoms with van der Waals surface area (Å²) < 4.78 is 0. The maximum atomic E-state index is 11.9. The Bertz CT molecular complexity index is 553. The van der Waals surface area contributed by atoms with E-state index < -0.39 is 11.9 Å². The van der Waals surface area contributed by atoms with Crippen LogP contribution in [0, 0.1) is 5.92 Å². The van der Waals surface area contributed by atoms with E-state index in [0.29, 0.717) is 0 Å². The first-order valence-corrected chi connectivity index (χ1v) is 5.41. The molecule has 1 aromatic rings. The van der Waals surface area contributed by atoms with E-state index in [-0.39, 0.29) is 35.2 Å². The van der Waals surface area contributed by atoms with Crippen molar-refractivity contribution in [2.45, 2.75) is 13.3 Å². The van der Waals surface area contributed by atoms with Crippen LogP contribution in [0.1, 0.15) is 23.7 Å². The Kier molecular flexibility index (Phi) is 2.78. The number of imide groups is 1. The summed E-state index contributed by atoms with van der Waals surface area (Å²) in [7, 11) is 0. The molecule has 1 unspecified atom stereocenters. The normalized spacial score (nSPS) is 19.4. The summed E-state index contributed by atoms with van der Waals surface area (Å²) in [5, 5.41) is 9.08. The second-order valence-electron chi connectivity index (χ2n) is 4.25. The van der Waals surface area contributed by atoms with Crippen molar-refractivity contribution in [2.24, 2.45) is 5.92 Å². The van der Waals surface area contributed by atoms with Gasteiger partial charge in [0, 0.05) is 18.0 Å². The number of aromatic carboxylic acids is 1. The highest BCUT2D eigenvalue weighted by Crippen LogP contribution is 2.30. The number of rotatable bonds is 2. The lowest BCUT2D eigenvalue weighted by atomic mass is 10.1. The van der Waals surface area contributed by atoms with Gasteiger partial charge in [-0.05, 0) is 18.2 Å². The van der Waals surface area contributed by atoms with Crippen LogP contribution in [0.5, 0.6) is 0 Å². The van der Waals surface area contributed by atoms with Gasteiger partial charge in [-0.1, -0.05) is 6.92 Å². The van der Waals surface area contributed by atoms with Crippen LogP contribution in [0.4, 0.5) is 11.4 Å². The minimum absolute atomic E-state index is 0.0797. The molecular weight excluding hydrogens is 236 g/mol. The SMILES string of the molecule is CC1CC(=O)N(c2ccc(N)cc2C(=O)O)C1=O. The third kappa shape index (κ3) is 1.81. The van der Waals surface area contributed by atoms with Crippen molar-refractivity contribution in [2.75, 3.05) is 10.6 Å². The third-order valence-corrected chi connectivity index (χ3v) is 2.86. The molecule has 1 saturated heterocycles. The number of carbonyl (C=O) groups excluding carboxylic acids is 2. The fraction of sp³-hybridized carbons (Fsp3) is 0.250. The van der Waals surface area contributed by atoms with Crippen molar-refractivity contribution >= 4 is 29.2 Å². The van der Waals surface area contributed by atoms with Gasteiger partial charge in [0.25, 0.3) is 0 Å². The van der Waals surface area contributed by atoms with Gasteiger partial charge in [0.2, 0.25) is 11.8 Å². The Morgan fingerprint density at radius 1 is 1.44 bits per heavy atom. The molecule has 1 aromatic carbocycles. The molecule has 1 atom stereocenters. The molecule has 1 aliphatic rings. The van der Waals surface area contributed by atoms with Gasteiger partial charge in [-0.3, -0.25) is 9.59 Å². The number of nitrogens with zero attached hydrogens (tertiary/aromatic N) is 1. The van der Waals surface area contributed by atoms with Crippen molar-refractivity contribution in [1.29, 1.82) is 0 Å². The van der Waals surface area contributed by atoms with E-state index in [0.717, 1.165) is 4.90 Å². The number of benzene rings is 1. The van der Waals surface area contributed by atoms with Crippen molar-refractivity contribution in [1.82, 2.24) is 0 Å². The predicted octanol–water partition coefficient (Wildman–Crippen LogP) is 0.866. The lowest BCUT2D eigenvalue weighted by molar-refractivity contribution is -0.122. The highest BCUT2D eigenvalue weighted by molar-refractivity contribution is 6.22. The van der Waals surface area contributed by atoms with Crippen LogP contribution < -0.4 is 10.6 Å². The number of carbonyl (C=O) groups is 3. The predicted molar refractivity (Wildman–Crippen MR) is 64.1 cm³/mol. The number of hydrogen-bond donors (Lipinski definition) is 2. The van der Waals surface area contributed by atoms with Crippen molar-refractivity contribution in [3.8, 4) is 0 Å². The lowest BCUT2D eigenvalue weighted by Crippen LogP contribution is -2.31. The smallest absolute Gasteiger partial charge is 0.337 e. The number of amides is 2. The maximum absolute atomic E-state index is 11.9. The molecule has 2 rings (SSSR count). The second-order valence-corrected chi connectivity index (χ2v) is 4.25. The van der Waals surface area contributed by atoms with Gasteiger partial charge in [-0.15, -0.1) is 0 Å². The summed E-state index contributed by atoms with van der Waals surface area (Å²) in [4.78, 5) is 35.6. The number of carboxylic acids is 1. The molecule has 0 bridgehead atoms. The van der Waals surface area contributed by atoms with Crippen LogP contribution in [0.15, 0.2) is 18.2 Å². The molecule has 6 nitrogen and oxygen atoms in total. The minimum Gasteiger partial charge on any atom is -0.478 e. The van der Waals surface area contributed by atoms with E-state index in [1.54, 1.807) is 6.92 Å². The number of carboxylic acid groups (broad SMARTS) is 1. The molecule has 2 amide bonds. The van der Waals surface area contributed by atoms with Crippen LogP contribution in [0.25, 0.3) is 0 Å². The Hall–Kier alpha value is -2.37. The summed E-state index contributed by atoms with van der Waals surface area (Å²) in [5.41, 5.74) is 5.71. The van der Waals surface area contributed by atoms with Gasteiger partial charge in [-0.2, -0.15) is 0 Å². The molecule has 1 aliphatic heterocycles. The van der Waals surface area contributed by atoms with Gasteiger partial charge in [-0.25, -0.2) is 9.69 Å². The molecular formula is C12H12N2O4. The van der Waals surface area contributed by atoms with Gasteiger partial charge < -0.3 is 10.8 Å². The van der Waals surface area contributed by atoms with Gasteiger partial charge >= 0.3 is 5.97 Å². The first-order valence-electron chi connectivity index (χ1n) is 5.41. The average Bonchev–Trinajstić information content (AvgIpc) is 2.54. The highest BCUT2D eigenvalue weighted by atomic mass is 16.4. The maximum Gasteiger partial charge on any atom is 0.337 e. The second kappa shape index (κ2) is 4.14. The Morgan fingerprint density at radius 3 is 2.61 bits per heavy atom. The first-order chi connectivity index (χ1) is 8.41. The molecule has 0 aliphatic carbocycles. The Morgan fingerprint density at radius 2 is 2.11 bits per heavy atom. The summed E-state index contributed by atoms with van der Waals surface area (Å²) in [6.45, 7) is 1.64. The zero-order chi connectivity index (χ0) is 13.4. The monoisotopic (exact) mass is 248 g/mol. The molecule has 18 heavy (non-hydrogen) atoms. The Balaban J connectivity index is 2.55. The van der Waals surface area contributed by atoms with Crippen LogP contribution in [0.3, 0.4) is 0 Å². The molecule has 0 aromatic heterocycles. The number of hydrogen-bond acceptors (Lipinski definition) is 4. The van der Waals surface area contributed by atoms with Crippen molar-refractivity contribution < 1.29 is 19.5 Å². The molecule has 94 valence electrons. The molecule has 1 heterocycles.